The summed E-state index contributed by atoms with van der Waals surface area (Å²) in [7, 11) is 1.62. The molecule has 0 saturated heterocycles. The summed E-state index contributed by atoms with van der Waals surface area (Å²) < 4.78 is 72.0. The minimum absolute atomic E-state index is 0.228. The van der Waals surface area contributed by atoms with E-state index in [2.05, 4.69) is 10.2 Å². The van der Waals surface area contributed by atoms with Crippen LogP contribution < -0.4 is 16.8 Å². The molecule has 1 unspecified atom stereocenters. The first-order chi connectivity index (χ1) is 25.8. The third-order valence-electron chi connectivity index (χ3n) is 6.60. The van der Waals surface area contributed by atoms with E-state index in [1.165, 1.54) is 0 Å². The average Bonchev–Trinajstić information content (AvgIpc) is 3.12. The third-order valence-corrected chi connectivity index (χ3v) is 6.60. The lowest BCUT2D eigenvalue weighted by molar-refractivity contribution is -0.0420. The first kappa shape index (κ1) is 51.7. The highest BCUT2D eigenvalue weighted by Crippen LogP contribution is 2.06. The lowest BCUT2D eigenvalue weighted by Crippen LogP contribution is -2.41. The van der Waals surface area contributed by atoms with Crippen LogP contribution in [-0.4, -0.2) is 214 Å². The number of carbonyl (C=O) groups excluding carboxylic acids is 1. The Hall–Kier alpha value is -1.33. The minimum Gasteiger partial charge on any atom is -0.444 e. The van der Waals surface area contributed by atoms with Crippen LogP contribution in [0.2, 0.25) is 0 Å². The first-order valence-electron chi connectivity index (χ1n) is 18.8. The minimum atomic E-state index is -0.609. The number of nitrogens with one attached hydrogen (secondary N) is 1. The van der Waals surface area contributed by atoms with E-state index >= 15 is 0 Å². The first-order valence-corrected chi connectivity index (χ1v) is 18.8. The predicted octanol–water partition coefficient (Wildman–Crippen LogP) is -0.0719. The van der Waals surface area contributed by atoms with Gasteiger partial charge in [-0.25, -0.2) is 4.79 Å². The van der Waals surface area contributed by atoms with Crippen molar-refractivity contribution in [3.8, 4) is 0 Å². The van der Waals surface area contributed by atoms with Crippen molar-refractivity contribution in [3.63, 3.8) is 0 Å². The number of rotatable bonds is 42. The maximum Gasteiger partial charge on any atom is 0.407 e. The fourth-order valence-corrected chi connectivity index (χ4v) is 4.02. The van der Waals surface area contributed by atoms with Gasteiger partial charge < -0.3 is 78.4 Å². The number of hydrogen-bond acceptors (Lipinski definition) is 17. The quantitative estimate of drug-likeness (QED) is 0.0695. The monoisotopic (exact) mass is 775 g/mol. The van der Waals surface area contributed by atoms with Crippen molar-refractivity contribution in [2.45, 2.75) is 32.5 Å². The number of carbonyl (C=O) groups is 1. The van der Waals surface area contributed by atoms with E-state index in [1.807, 2.05) is 20.8 Å². The maximum atomic E-state index is 12.3. The van der Waals surface area contributed by atoms with Crippen molar-refractivity contribution in [3.05, 3.63) is 0 Å². The van der Waals surface area contributed by atoms with Crippen LogP contribution in [0.5, 0.6) is 0 Å². The summed E-state index contributed by atoms with van der Waals surface area (Å²) >= 11 is 0. The molecule has 0 radical (unpaired) electrons. The van der Waals surface area contributed by atoms with Crippen LogP contribution in [0.4, 0.5) is 4.79 Å². The van der Waals surface area contributed by atoms with Crippen LogP contribution in [0.25, 0.3) is 0 Å². The number of nitrogens with zero attached hydrogens (tertiary/aromatic N) is 1. The molecule has 1 atom stereocenters. The lowest BCUT2D eigenvalue weighted by Gasteiger charge is -2.25. The fourth-order valence-electron chi connectivity index (χ4n) is 4.02. The van der Waals surface area contributed by atoms with Crippen molar-refractivity contribution < 1.29 is 66.4 Å². The van der Waals surface area contributed by atoms with Gasteiger partial charge in [-0.2, -0.15) is 0 Å². The summed E-state index contributed by atoms with van der Waals surface area (Å²) in [5.41, 5.74) is 10.2. The zero-order valence-electron chi connectivity index (χ0n) is 33.2. The molecule has 0 spiro atoms. The standard InChI is InChI=1S/C35H74N4O14/c1-35(2,3)53-34(40)38-31-33(32-51-30-29-46-16-15-41-4)52-14-9-39(7-12-44-19-23-49-27-25-47-21-17-42-10-5-36)8-13-45-20-24-50-28-26-48-22-18-43-11-6-37/h33H,5-32,36-37H2,1-4H3,(H,38,40). The number of methoxy groups -OCH3 is 1. The highest BCUT2D eigenvalue weighted by Gasteiger charge is 2.18. The second-order valence-corrected chi connectivity index (χ2v) is 12.4. The van der Waals surface area contributed by atoms with Gasteiger partial charge >= 0.3 is 6.09 Å². The fraction of sp³-hybridized carbons (Fsp3) is 0.971. The Morgan fingerprint density at radius 2 is 0.887 bits per heavy atom. The molecular weight excluding hydrogens is 700 g/mol. The van der Waals surface area contributed by atoms with Gasteiger partial charge in [0.25, 0.3) is 0 Å². The second kappa shape index (κ2) is 40.3. The van der Waals surface area contributed by atoms with Gasteiger partial charge in [-0.3, -0.25) is 4.90 Å². The van der Waals surface area contributed by atoms with Crippen LogP contribution in [0.1, 0.15) is 20.8 Å². The molecule has 0 aromatic rings. The van der Waals surface area contributed by atoms with E-state index in [0.717, 1.165) is 0 Å². The van der Waals surface area contributed by atoms with Gasteiger partial charge in [0.15, 0.2) is 0 Å². The third kappa shape index (κ3) is 41.7. The van der Waals surface area contributed by atoms with Crippen molar-refractivity contribution >= 4 is 6.09 Å². The molecule has 1 amide bonds. The number of alkyl carbamates (subject to hydrolysis) is 1. The van der Waals surface area contributed by atoms with Crippen molar-refractivity contribution in [1.29, 1.82) is 0 Å². The topological polar surface area (TPSA) is 204 Å². The number of amides is 1. The van der Waals surface area contributed by atoms with Crippen molar-refractivity contribution in [1.82, 2.24) is 10.2 Å². The molecular formula is C35H74N4O14. The molecule has 18 nitrogen and oxygen atoms in total. The summed E-state index contributed by atoms with van der Waals surface area (Å²) in [6.07, 6.45) is -0.909. The summed E-state index contributed by atoms with van der Waals surface area (Å²) in [5.74, 6) is 0. The molecule has 0 aliphatic heterocycles. The van der Waals surface area contributed by atoms with E-state index < -0.39 is 17.8 Å². The van der Waals surface area contributed by atoms with Crippen LogP contribution in [0.3, 0.4) is 0 Å². The van der Waals surface area contributed by atoms with Crippen LogP contribution in [0, 0.1) is 0 Å². The molecule has 0 aromatic heterocycles. The van der Waals surface area contributed by atoms with E-state index in [1.54, 1.807) is 7.11 Å². The average molecular weight is 775 g/mol. The Kier molecular flexibility index (Phi) is 39.3. The number of ether oxygens (including phenoxy) is 13. The maximum absolute atomic E-state index is 12.3. The largest absolute Gasteiger partial charge is 0.444 e. The Bertz CT molecular complexity index is 728. The summed E-state index contributed by atoms with van der Waals surface area (Å²) in [6, 6.07) is 0. The molecule has 318 valence electrons. The van der Waals surface area contributed by atoms with Gasteiger partial charge in [0.05, 0.1) is 151 Å². The van der Waals surface area contributed by atoms with Gasteiger partial charge in [-0.15, -0.1) is 0 Å². The smallest absolute Gasteiger partial charge is 0.407 e. The highest BCUT2D eigenvalue weighted by molar-refractivity contribution is 5.67. The van der Waals surface area contributed by atoms with Gasteiger partial charge in [0, 0.05) is 46.4 Å². The molecule has 0 heterocycles. The Balaban J connectivity index is 4.64. The lowest BCUT2D eigenvalue weighted by atomic mass is 10.2. The van der Waals surface area contributed by atoms with Crippen LogP contribution >= 0.6 is 0 Å². The number of nitrogens with two attached hydrogens (primary N) is 2. The van der Waals surface area contributed by atoms with E-state index in [-0.39, 0.29) is 13.2 Å². The van der Waals surface area contributed by atoms with Gasteiger partial charge in [0.1, 0.15) is 5.60 Å². The molecule has 0 aliphatic rings. The Morgan fingerprint density at radius 1 is 0.528 bits per heavy atom. The predicted molar refractivity (Wildman–Crippen MR) is 199 cm³/mol. The molecule has 0 aromatic carbocycles. The normalized spacial score (nSPS) is 12.5. The summed E-state index contributed by atoms with van der Waals surface area (Å²) in [4.78, 5) is 14.5. The van der Waals surface area contributed by atoms with Gasteiger partial charge in [0.2, 0.25) is 0 Å². The number of hydrogen-bond donors (Lipinski definition) is 3. The molecule has 0 aliphatic carbocycles. The van der Waals surface area contributed by atoms with Crippen LogP contribution in [-0.2, 0) is 61.6 Å². The van der Waals surface area contributed by atoms with Crippen molar-refractivity contribution in [2.24, 2.45) is 11.5 Å². The molecule has 18 heteroatoms. The molecule has 0 fully saturated rings. The molecule has 0 rings (SSSR count). The Labute approximate surface area is 318 Å². The van der Waals surface area contributed by atoms with E-state index in [4.69, 9.17) is 73.0 Å². The highest BCUT2D eigenvalue weighted by atomic mass is 16.6. The zero-order valence-corrected chi connectivity index (χ0v) is 33.2. The Morgan fingerprint density at radius 3 is 1.28 bits per heavy atom. The zero-order chi connectivity index (χ0) is 38.9. The van der Waals surface area contributed by atoms with Gasteiger partial charge in [-0.05, 0) is 20.8 Å². The molecule has 0 bridgehead atoms. The summed E-state index contributed by atoms with van der Waals surface area (Å²) in [5, 5.41) is 2.78. The van der Waals surface area contributed by atoms with Crippen LogP contribution in [0.15, 0.2) is 0 Å². The second-order valence-electron chi connectivity index (χ2n) is 12.4. The van der Waals surface area contributed by atoms with Crippen molar-refractivity contribution in [2.75, 3.05) is 192 Å². The SMILES string of the molecule is COCCOCCOCC(CNC(=O)OC(C)(C)C)OCCN(CCOCCOCCOCCOCCN)CCOCCOCCOCCOCCN. The molecule has 53 heavy (non-hydrogen) atoms. The van der Waals surface area contributed by atoms with E-state index in [9.17, 15) is 4.79 Å². The molecule has 5 N–H and O–H groups in total. The van der Waals surface area contributed by atoms with E-state index in [0.29, 0.717) is 171 Å². The van der Waals surface area contributed by atoms with Gasteiger partial charge in [-0.1, -0.05) is 0 Å². The summed E-state index contributed by atoms with van der Waals surface area (Å²) in [6.45, 7) is 19.1. The molecule has 0 saturated carbocycles.